The van der Waals surface area contributed by atoms with E-state index >= 15 is 0 Å². The summed E-state index contributed by atoms with van der Waals surface area (Å²) in [5.41, 5.74) is 9.15. The molecule has 0 aliphatic rings. The summed E-state index contributed by atoms with van der Waals surface area (Å²) >= 11 is 1.60. The topological polar surface area (TPSA) is 48.8 Å². The molecule has 0 amide bonds. The summed E-state index contributed by atoms with van der Waals surface area (Å²) in [7, 11) is 0. The standard InChI is InChI=1S/C8H7N3S/c1-7-4-6-12-8(7)3-2-5-10-11-9/h4,6H,5H2,1H3. The van der Waals surface area contributed by atoms with Crippen LogP contribution in [0.5, 0.6) is 0 Å². The Morgan fingerprint density at radius 3 is 3.17 bits per heavy atom. The van der Waals surface area contributed by atoms with E-state index in [-0.39, 0.29) is 6.54 Å². The Hall–Kier alpha value is -1.43. The molecular weight excluding hydrogens is 170 g/mol. The third kappa shape index (κ3) is 2.31. The van der Waals surface area contributed by atoms with Crippen LogP contribution in [-0.2, 0) is 0 Å². The van der Waals surface area contributed by atoms with Gasteiger partial charge < -0.3 is 0 Å². The summed E-state index contributed by atoms with van der Waals surface area (Å²) in [5.74, 6) is 5.70. The van der Waals surface area contributed by atoms with Gasteiger partial charge in [-0.2, -0.15) is 0 Å². The molecule has 1 aromatic heterocycles. The Morgan fingerprint density at radius 2 is 2.58 bits per heavy atom. The van der Waals surface area contributed by atoms with Gasteiger partial charge >= 0.3 is 0 Å². The largest absolute Gasteiger partial charge is 0.135 e. The minimum Gasteiger partial charge on any atom is -0.135 e. The minimum absolute atomic E-state index is 0.244. The molecule has 0 aliphatic heterocycles. The van der Waals surface area contributed by atoms with Gasteiger partial charge in [-0.3, -0.25) is 0 Å². The molecule has 0 fully saturated rings. The molecule has 0 bridgehead atoms. The first-order valence-corrected chi connectivity index (χ1v) is 4.26. The van der Waals surface area contributed by atoms with Crippen molar-refractivity contribution in [3.05, 3.63) is 32.3 Å². The lowest BCUT2D eigenvalue weighted by molar-refractivity contribution is 1.25. The lowest BCUT2D eigenvalue weighted by Crippen LogP contribution is -1.72. The molecular formula is C8H7N3S. The molecule has 12 heavy (non-hydrogen) atoms. The average Bonchev–Trinajstić information content (AvgIpc) is 2.46. The molecule has 0 atom stereocenters. The summed E-state index contributed by atoms with van der Waals surface area (Å²) in [6.45, 7) is 2.25. The van der Waals surface area contributed by atoms with Gasteiger partial charge in [-0.1, -0.05) is 17.0 Å². The van der Waals surface area contributed by atoms with Gasteiger partial charge in [0.1, 0.15) is 0 Å². The second-order valence-corrected chi connectivity index (χ2v) is 3.04. The molecule has 3 nitrogen and oxygen atoms in total. The van der Waals surface area contributed by atoms with E-state index in [1.807, 2.05) is 18.4 Å². The van der Waals surface area contributed by atoms with Crippen LogP contribution in [0.25, 0.3) is 10.4 Å². The zero-order chi connectivity index (χ0) is 8.81. The molecule has 4 heteroatoms. The van der Waals surface area contributed by atoms with E-state index in [0.717, 1.165) is 4.88 Å². The maximum Gasteiger partial charge on any atom is 0.0880 e. The maximum atomic E-state index is 7.97. The van der Waals surface area contributed by atoms with E-state index in [0.29, 0.717) is 0 Å². The third-order valence-electron chi connectivity index (χ3n) is 1.28. The predicted octanol–water partition coefficient (Wildman–Crippen LogP) is 2.72. The molecule has 0 radical (unpaired) electrons. The van der Waals surface area contributed by atoms with Crippen molar-refractivity contribution < 1.29 is 0 Å². The fourth-order valence-corrected chi connectivity index (χ4v) is 1.48. The van der Waals surface area contributed by atoms with Gasteiger partial charge in [0.05, 0.1) is 11.4 Å². The van der Waals surface area contributed by atoms with Crippen molar-refractivity contribution in [2.75, 3.05) is 6.54 Å². The highest BCUT2D eigenvalue weighted by Crippen LogP contribution is 2.13. The number of aryl methyl sites for hydroxylation is 1. The minimum atomic E-state index is 0.244. The monoisotopic (exact) mass is 177 g/mol. The summed E-state index contributed by atoms with van der Waals surface area (Å²) in [6, 6.07) is 2.02. The van der Waals surface area contributed by atoms with Crippen molar-refractivity contribution in [3.8, 4) is 11.8 Å². The van der Waals surface area contributed by atoms with Crippen LogP contribution < -0.4 is 0 Å². The summed E-state index contributed by atoms with van der Waals surface area (Å²) < 4.78 is 0. The number of rotatable bonds is 1. The lowest BCUT2D eigenvalue weighted by atomic mass is 10.3. The van der Waals surface area contributed by atoms with E-state index in [1.54, 1.807) is 11.3 Å². The van der Waals surface area contributed by atoms with E-state index in [1.165, 1.54) is 5.56 Å². The first-order valence-electron chi connectivity index (χ1n) is 3.38. The molecule has 0 aliphatic carbocycles. The fraction of sp³-hybridized carbons (Fsp3) is 0.250. The Morgan fingerprint density at radius 1 is 1.75 bits per heavy atom. The first-order chi connectivity index (χ1) is 5.84. The molecule has 0 saturated heterocycles. The van der Waals surface area contributed by atoms with Crippen molar-refractivity contribution >= 4 is 11.3 Å². The smallest absolute Gasteiger partial charge is 0.0880 e. The molecule has 0 saturated carbocycles. The number of nitrogens with zero attached hydrogens (tertiary/aromatic N) is 3. The molecule has 0 aromatic carbocycles. The van der Waals surface area contributed by atoms with Crippen molar-refractivity contribution in [1.29, 1.82) is 0 Å². The van der Waals surface area contributed by atoms with Gasteiger partial charge in [-0.15, -0.1) is 11.3 Å². The zero-order valence-electron chi connectivity index (χ0n) is 6.61. The quantitative estimate of drug-likeness (QED) is 0.274. The van der Waals surface area contributed by atoms with Crippen molar-refractivity contribution in [3.63, 3.8) is 0 Å². The van der Waals surface area contributed by atoms with Crippen LogP contribution in [0, 0.1) is 18.8 Å². The van der Waals surface area contributed by atoms with Crippen LogP contribution in [0.15, 0.2) is 16.6 Å². The van der Waals surface area contributed by atoms with Crippen LogP contribution in [0.2, 0.25) is 0 Å². The molecule has 1 rings (SSSR count). The van der Waals surface area contributed by atoms with Gasteiger partial charge in [-0.25, -0.2) is 0 Å². The zero-order valence-corrected chi connectivity index (χ0v) is 7.43. The second-order valence-electron chi connectivity index (χ2n) is 2.12. The predicted molar refractivity (Wildman–Crippen MR) is 49.9 cm³/mol. The highest BCUT2D eigenvalue weighted by molar-refractivity contribution is 7.10. The van der Waals surface area contributed by atoms with E-state index < -0.39 is 0 Å². The highest BCUT2D eigenvalue weighted by Gasteiger charge is 1.92. The van der Waals surface area contributed by atoms with Crippen molar-refractivity contribution in [2.45, 2.75) is 6.92 Å². The summed E-state index contributed by atoms with van der Waals surface area (Å²) in [5, 5.41) is 5.31. The number of hydrogen-bond donors (Lipinski definition) is 0. The Kier molecular flexibility index (Phi) is 3.21. The Labute approximate surface area is 74.7 Å². The molecule has 0 spiro atoms. The van der Waals surface area contributed by atoms with E-state index in [9.17, 15) is 0 Å². The van der Waals surface area contributed by atoms with Crippen molar-refractivity contribution in [2.24, 2.45) is 5.11 Å². The van der Waals surface area contributed by atoms with Crippen LogP contribution in [0.4, 0.5) is 0 Å². The van der Waals surface area contributed by atoms with Gasteiger partial charge in [0.2, 0.25) is 0 Å². The normalized spacial score (nSPS) is 8.08. The lowest BCUT2D eigenvalue weighted by Gasteiger charge is -1.82. The summed E-state index contributed by atoms with van der Waals surface area (Å²) in [4.78, 5) is 3.65. The van der Waals surface area contributed by atoms with Gasteiger partial charge in [-0.05, 0) is 29.5 Å². The molecule has 1 heterocycles. The van der Waals surface area contributed by atoms with Gasteiger partial charge in [0.25, 0.3) is 0 Å². The van der Waals surface area contributed by atoms with Crippen LogP contribution in [0.1, 0.15) is 10.4 Å². The van der Waals surface area contributed by atoms with Crippen molar-refractivity contribution in [1.82, 2.24) is 0 Å². The molecule has 0 N–H and O–H groups in total. The van der Waals surface area contributed by atoms with Gasteiger partial charge in [0, 0.05) is 4.91 Å². The van der Waals surface area contributed by atoms with Gasteiger partial charge in [0.15, 0.2) is 0 Å². The Bertz CT molecular complexity index is 363. The second kappa shape index (κ2) is 4.45. The Balaban J connectivity index is 2.66. The van der Waals surface area contributed by atoms with E-state index in [4.69, 9.17) is 5.53 Å². The highest BCUT2D eigenvalue weighted by atomic mass is 32.1. The van der Waals surface area contributed by atoms with Crippen LogP contribution in [-0.4, -0.2) is 6.54 Å². The number of hydrogen-bond acceptors (Lipinski definition) is 2. The van der Waals surface area contributed by atoms with E-state index in [2.05, 4.69) is 21.9 Å². The average molecular weight is 177 g/mol. The molecule has 0 unspecified atom stereocenters. The molecule has 60 valence electrons. The SMILES string of the molecule is Cc1ccsc1C#CCN=[N+]=[N-]. The van der Waals surface area contributed by atoms with Crippen LogP contribution in [0.3, 0.4) is 0 Å². The first kappa shape index (κ1) is 8.66. The molecule has 1 aromatic rings. The van der Waals surface area contributed by atoms with Crippen LogP contribution >= 0.6 is 11.3 Å². The maximum absolute atomic E-state index is 7.97. The fourth-order valence-electron chi connectivity index (χ4n) is 0.688. The summed E-state index contributed by atoms with van der Waals surface area (Å²) in [6.07, 6.45) is 0. The third-order valence-corrected chi connectivity index (χ3v) is 2.21. The number of thiophene rings is 1. The number of azide groups is 1.